The van der Waals surface area contributed by atoms with Crippen molar-refractivity contribution < 1.29 is 0 Å². The Bertz CT molecular complexity index is 276. The zero-order valence-corrected chi connectivity index (χ0v) is 8.80. The molecule has 0 radical (unpaired) electrons. The molecule has 0 fully saturated rings. The minimum absolute atomic E-state index is 0.307. The summed E-state index contributed by atoms with van der Waals surface area (Å²) in [4.78, 5) is 0. The van der Waals surface area contributed by atoms with Crippen molar-refractivity contribution in [3.63, 3.8) is 0 Å². The summed E-state index contributed by atoms with van der Waals surface area (Å²) in [6.45, 7) is 6.36. The highest BCUT2D eigenvalue weighted by Crippen LogP contribution is 2.11. The second-order valence-corrected chi connectivity index (χ2v) is 3.93. The fraction of sp³-hybridized carbons (Fsp3) is 0.500. The normalized spacial score (nSPS) is 12.9. The van der Waals surface area contributed by atoms with Crippen molar-refractivity contribution in [1.82, 2.24) is 0 Å². The van der Waals surface area contributed by atoms with Gasteiger partial charge in [-0.2, -0.15) is 0 Å². The van der Waals surface area contributed by atoms with Crippen LogP contribution in [-0.2, 0) is 6.42 Å². The molecule has 0 heterocycles. The highest BCUT2D eigenvalue weighted by Gasteiger charge is 1.98. The maximum atomic E-state index is 5.71. The van der Waals surface area contributed by atoms with Gasteiger partial charge in [0.15, 0.2) is 0 Å². The molecule has 0 aliphatic rings. The van der Waals surface area contributed by atoms with E-state index in [-0.39, 0.29) is 0 Å². The molecule has 0 amide bonds. The van der Waals surface area contributed by atoms with Crippen molar-refractivity contribution in [2.45, 2.75) is 39.7 Å². The van der Waals surface area contributed by atoms with E-state index in [1.165, 1.54) is 16.7 Å². The molecule has 2 N–H and O–H groups in total. The van der Waals surface area contributed by atoms with Crippen LogP contribution >= 0.6 is 0 Å². The van der Waals surface area contributed by atoms with Gasteiger partial charge in [0.05, 0.1) is 0 Å². The molecule has 0 bridgehead atoms. The Morgan fingerprint density at radius 1 is 1.23 bits per heavy atom. The molecule has 0 saturated heterocycles. The average Bonchev–Trinajstić information content (AvgIpc) is 2.07. The van der Waals surface area contributed by atoms with Crippen LogP contribution in [0, 0.1) is 13.8 Å². The summed E-state index contributed by atoms with van der Waals surface area (Å²) < 4.78 is 0. The molecule has 1 rings (SSSR count). The van der Waals surface area contributed by atoms with E-state index in [1.54, 1.807) is 0 Å². The highest BCUT2D eigenvalue weighted by atomic mass is 14.6. The molecular weight excluding hydrogens is 158 g/mol. The molecule has 1 heteroatoms. The lowest BCUT2D eigenvalue weighted by Gasteiger charge is -2.07. The van der Waals surface area contributed by atoms with Crippen molar-refractivity contribution in [3.8, 4) is 0 Å². The highest BCUT2D eigenvalue weighted by molar-refractivity contribution is 5.29. The molecular formula is C12H19N. The first kappa shape index (κ1) is 10.3. The van der Waals surface area contributed by atoms with Crippen LogP contribution in [0.15, 0.2) is 18.2 Å². The van der Waals surface area contributed by atoms with Gasteiger partial charge in [-0.3, -0.25) is 0 Å². The van der Waals surface area contributed by atoms with Crippen LogP contribution in [0.25, 0.3) is 0 Å². The maximum Gasteiger partial charge on any atom is 0.00136 e. The smallest absolute Gasteiger partial charge is 0.00136 e. The third-order valence-corrected chi connectivity index (χ3v) is 2.46. The summed E-state index contributed by atoms with van der Waals surface area (Å²) in [5, 5.41) is 0. The molecule has 72 valence electrons. The van der Waals surface area contributed by atoms with Gasteiger partial charge in [-0.1, -0.05) is 18.2 Å². The van der Waals surface area contributed by atoms with Crippen LogP contribution < -0.4 is 5.73 Å². The van der Waals surface area contributed by atoms with Crippen molar-refractivity contribution in [2.24, 2.45) is 5.73 Å². The van der Waals surface area contributed by atoms with Gasteiger partial charge < -0.3 is 5.73 Å². The quantitative estimate of drug-likeness (QED) is 0.754. The Balaban J connectivity index is 2.63. The lowest BCUT2D eigenvalue weighted by atomic mass is 10.0. The minimum Gasteiger partial charge on any atom is -0.328 e. The van der Waals surface area contributed by atoms with Crippen molar-refractivity contribution in [2.75, 3.05) is 0 Å². The van der Waals surface area contributed by atoms with Gasteiger partial charge in [0.25, 0.3) is 0 Å². The predicted octanol–water partition coefficient (Wildman–Crippen LogP) is 2.58. The van der Waals surface area contributed by atoms with E-state index in [0.29, 0.717) is 6.04 Å². The Morgan fingerprint density at radius 3 is 2.46 bits per heavy atom. The summed E-state index contributed by atoms with van der Waals surface area (Å²) in [6.07, 6.45) is 2.17. The van der Waals surface area contributed by atoms with E-state index in [0.717, 1.165) is 12.8 Å². The minimum atomic E-state index is 0.307. The molecule has 1 aromatic carbocycles. The van der Waals surface area contributed by atoms with Crippen LogP contribution in [0.3, 0.4) is 0 Å². The van der Waals surface area contributed by atoms with Crippen LogP contribution in [0.2, 0.25) is 0 Å². The molecule has 0 aliphatic heterocycles. The average molecular weight is 177 g/mol. The molecule has 0 unspecified atom stereocenters. The summed E-state index contributed by atoms with van der Waals surface area (Å²) in [7, 11) is 0. The van der Waals surface area contributed by atoms with Crippen LogP contribution in [0.1, 0.15) is 30.0 Å². The lowest BCUT2D eigenvalue weighted by Crippen LogP contribution is -2.15. The molecule has 0 aliphatic carbocycles. The number of aryl methyl sites for hydroxylation is 3. The number of benzene rings is 1. The predicted molar refractivity (Wildman–Crippen MR) is 57.9 cm³/mol. The molecule has 1 aromatic rings. The molecule has 13 heavy (non-hydrogen) atoms. The maximum absolute atomic E-state index is 5.71. The SMILES string of the molecule is Cc1ccc(CC[C@H](C)N)cc1C. The molecule has 1 atom stereocenters. The molecule has 0 aromatic heterocycles. The zero-order valence-electron chi connectivity index (χ0n) is 8.80. The van der Waals surface area contributed by atoms with Gasteiger partial charge in [-0.05, 0) is 50.3 Å². The Morgan fingerprint density at radius 2 is 1.92 bits per heavy atom. The lowest BCUT2D eigenvalue weighted by molar-refractivity contribution is 0.666. The van der Waals surface area contributed by atoms with Gasteiger partial charge in [0.1, 0.15) is 0 Å². The van der Waals surface area contributed by atoms with Gasteiger partial charge in [-0.25, -0.2) is 0 Å². The van der Waals surface area contributed by atoms with Crippen LogP contribution in [-0.4, -0.2) is 6.04 Å². The third kappa shape index (κ3) is 3.19. The number of hydrogen-bond donors (Lipinski definition) is 1. The fourth-order valence-corrected chi connectivity index (χ4v) is 1.35. The summed E-state index contributed by atoms with van der Waals surface area (Å²) >= 11 is 0. The number of nitrogens with two attached hydrogens (primary N) is 1. The van der Waals surface area contributed by atoms with Crippen LogP contribution in [0.5, 0.6) is 0 Å². The van der Waals surface area contributed by atoms with Gasteiger partial charge >= 0.3 is 0 Å². The molecule has 0 spiro atoms. The van der Waals surface area contributed by atoms with E-state index >= 15 is 0 Å². The van der Waals surface area contributed by atoms with Crippen molar-refractivity contribution >= 4 is 0 Å². The second-order valence-electron chi connectivity index (χ2n) is 3.93. The summed E-state index contributed by atoms with van der Waals surface area (Å²) in [5.41, 5.74) is 9.85. The summed E-state index contributed by atoms with van der Waals surface area (Å²) in [5.74, 6) is 0. The Kier molecular flexibility index (Phi) is 3.49. The van der Waals surface area contributed by atoms with E-state index in [1.807, 2.05) is 0 Å². The standard InChI is InChI=1S/C12H19N/c1-9-4-6-12(8-10(9)2)7-5-11(3)13/h4,6,8,11H,5,7,13H2,1-3H3/t11-/m0/s1. The number of hydrogen-bond acceptors (Lipinski definition) is 1. The first-order valence-electron chi connectivity index (χ1n) is 4.91. The third-order valence-electron chi connectivity index (χ3n) is 2.46. The first-order valence-corrected chi connectivity index (χ1v) is 4.91. The Labute approximate surface area is 81.0 Å². The van der Waals surface area contributed by atoms with Gasteiger partial charge in [-0.15, -0.1) is 0 Å². The summed E-state index contributed by atoms with van der Waals surface area (Å²) in [6, 6.07) is 6.95. The van der Waals surface area contributed by atoms with Crippen molar-refractivity contribution in [3.05, 3.63) is 34.9 Å². The molecule has 1 nitrogen and oxygen atoms in total. The largest absolute Gasteiger partial charge is 0.328 e. The van der Waals surface area contributed by atoms with E-state index in [9.17, 15) is 0 Å². The monoisotopic (exact) mass is 177 g/mol. The van der Waals surface area contributed by atoms with Gasteiger partial charge in [0, 0.05) is 6.04 Å². The van der Waals surface area contributed by atoms with E-state index in [2.05, 4.69) is 39.0 Å². The second kappa shape index (κ2) is 4.43. The van der Waals surface area contributed by atoms with Crippen LogP contribution in [0.4, 0.5) is 0 Å². The zero-order chi connectivity index (χ0) is 9.84. The van der Waals surface area contributed by atoms with Crippen molar-refractivity contribution in [1.29, 1.82) is 0 Å². The fourth-order valence-electron chi connectivity index (χ4n) is 1.35. The van der Waals surface area contributed by atoms with E-state index in [4.69, 9.17) is 5.73 Å². The van der Waals surface area contributed by atoms with Gasteiger partial charge in [0.2, 0.25) is 0 Å². The van der Waals surface area contributed by atoms with E-state index < -0.39 is 0 Å². The topological polar surface area (TPSA) is 26.0 Å². The number of rotatable bonds is 3. The Hall–Kier alpha value is -0.820. The molecule has 0 saturated carbocycles. The first-order chi connectivity index (χ1) is 6.09.